The second-order valence-electron chi connectivity index (χ2n) is 4.85. The van der Waals surface area contributed by atoms with Gasteiger partial charge in [0.1, 0.15) is 5.92 Å². The van der Waals surface area contributed by atoms with E-state index in [1.54, 1.807) is 12.1 Å². The first-order chi connectivity index (χ1) is 10.3. The van der Waals surface area contributed by atoms with Crippen LogP contribution >= 0.6 is 0 Å². The van der Waals surface area contributed by atoms with Gasteiger partial charge in [0.05, 0.1) is 12.1 Å². The highest BCUT2D eigenvalue weighted by atomic mass is 16.1. The van der Waals surface area contributed by atoms with Gasteiger partial charge in [0.15, 0.2) is 0 Å². The van der Waals surface area contributed by atoms with E-state index >= 15 is 0 Å². The van der Waals surface area contributed by atoms with Crippen molar-refractivity contribution in [3.8, 4) is 6.07 Å². The highest BCUT2D eigenvalue weighted by molar-refractivity contribution is 5.86. The second kappa shape index (κ2) is 7.25. The minimum atomic E-state index is -0.774. The monoisotopic (exact) mass is 278 g/mol. The molecule has 0 heterocycles. The Labute approximate surface area is 125 Å². The van der Waals surface area contributed by atoms with Gasteiger partial charge in [0.25, 0.3) is 0 Å². The van der Waals surface area contributed by atoms with E-state index in [4.69, 9.17) is 0 Å². The molecule has 0 saturated carbocycles. The van der Waals surface area contributed by atoms with Crippen LogP contribution in [-0.2, 0) is 4.79 Å². The number of amides is 1. The Balaban J connectivity index is 2.14. The van der Waals surface area contributed by atoms with Crippen LogP contribution in [0.15, 0.2) is 60.7 Å². The molecule has 0 spiro atoms. The molecule has 106 valence electrons. The quantitative estimate of drug-likeness (QED) is 0.909. The molecule has 3 nitrogen and oxygen atoms in total. The zero-order chi connectivity index (χ0) is 15.1. The predicted octanol–water partition coefficient (Wildman–Crippen LogP) is 3.56. The van der Waals surface area contributed by atoms with Crippen molar-refractivity contribution < 1.29 is 4.79 Å². The number of nitriles is 1. The number of hydrogen-bond acceptors (Lipinski definition) is 2. The summed E-state index contributed by atoms with van der Waals surface area (Å²) < 4.78 is 0. The lowest BCUT2D eigenvalue weighted by molar-refractivity contribution is -0.122. The van der Waals surface area contributed by atoms with Crippen LogP contribution in [0.3, 0.4) is 0 Å². The van der Waals surface area contributed by atoms with Gasteiger partial charge in [-0.1, -0.05) is 67.6 Å². The normalized spacial score (nSPS) is 13.0. The zero-order valence-electron chi connectivity index (χ0n) is 12.0. The molecule has 1 N–H and O–H groups in total. The van der Waals surface area contributed by atoms with Gasteiger partial charge in [-0.05, 0) is 17.5 Å². The van der Waals surface area contributed by atoms with E-state index in [9.17, 15) is 10.1 Å². The third kappa shape index (κ3) is 3.70. The van der Waals surface area contributed by atoms with Crippen LogP contribution in [0.1, 0.15) is 36.4 Å². The first kappa shape index (κ1) is 14.8. The molecule has 21 heavy (non-hydrogen) atoms. The molecule has 3 heteroatoms. The molecule has 0 aliphatic rings. The van der Waals surface area contributed by atoms with Crippen molar-refractivity contribution in [1.82, 2.24) is 5.32 Å². The third-order valence-electron chi connectivity index (χ3n) is 3.45. The minimum Gasteiger partial charge on any atom is -0.348 e. The zero-order valence-corrected chi connectivity index (χ0v) is 12.0. The minimum absolute atomic E-state index is 0.0711. The van der Waals surface area contributed by atoms with E-state index in [2.05, 4.69) is 11.4 Å². The van der Waals surface area contributed by atoms with Crippen LogP contribution in [-0.4, -0.2) is 5.91 Å². The topological polar surface area (TPSA) is 52.9 Å². The molecule has 0 saturated heterocycles. The molecule has 0 aliphatic heterocycles. The van der Waals surface area contributed by atoms with Crippen LogP contribution in [0, 0.1) is 11.3 Å². The summed E-state index contributed by atoms with van der Waals surface area (Å²) in [5.41, 5.74) is 1.78. The lowest BCUT2D eigenvalue weighted by atomic mass is 9.98. The number of carbonyl (C=O) groups is 1. The Morgan fingerprint density at radius 2 is 1.57 bits per heavy atom. The lowest BCUT2D eigenvalue weighted by Crippen LogP contribution is -2.32. The van der Waals surface area contributed by atoms with Gasteiger partial charge in [-0.25, -0.2) is 0 Å². The summed E-state index contributed by atoms with van der Waals surface area (Å²) in [5, 5.41) is 12.3. The average molecular weight is 278 g/mol. The van der Waals surface area contributed by atoms with Crippen molar-refractivity contribution in [2.24, 2.45) is 0 Å². The van der Waals surface area contributed by atoms with Gasteiger partial charge in [0, 0.05) is 0 Å². The van der Waals surface area contributed by atoms with Crippen LogP contribution < -0.4 is 5.32 Å². The lowest BCUT2D eigenvalue weighted by Gasteiger charge is -2.19. The highest BCUT2D eigenvalue weighted by Gasteiger charge is 2.22. The van der Waals surface area contributed by atoms with E-state index in [1.165, 1.54) is 0 Å². The van der Waals surface area contributed by atoms with E-state index in [0.29, 0.717) is 0 Å². The summed E-state index contributed by atoms with van der Waals surface area (Å²) in [4.78, 5) is 12.4. The maximum atomic E-state index is 12.4. The average Bonchev–Trinajstić information content (AvgIpc) is 2.55. The molecule has 2 aromatic carbocycles. The molecule has 0 bridgehead atoms. The van der Waals surface area contributed by atoms with Crippen LogP contribution in [0.5, 0.6) is 0 Å². The fourth-order valence-electron chi connectivity index (χ4n) is 2.29. The van der Waals surface area contributed by atoms with Gasteiger partial charge in [-0.15, -0.1) is 0 Å². The Bertz CT molecular complexity index is 617. The number of carbonyl (C=O) groups excluding carboxylic acids is 1. The second-order valence-corrected chi connectivity index (χ2v) is 4.85. The van der Waals surface area contributed by atoms with E-state index in [0.717, 1.165) is 17.5 Å². The van der Waals surface area contributed by atoms with Gasteiger partial charge < -0.3 is 5.32 Å². The van der Waals surface area contributed by atoms with Crippen molar-refractivity contribution in [3.05, 3.63) is 71.8 Å². The SMILES string of the molecule is CCC(NC(=O)C(C#N)c1ccccc1)c1ccccc1. The number of hydrogen-bond donors (Lipinski definition) is 1. The smallest absolute Gasteiger partial charge is 0.242 e. The molecule has 1 amide bonds. The molecule has 2 unspecified atom stereocenters. The van der Waals surface area contributed by atoms with Crippen molar-refractivity contribution in [1.29, 1.82) is 5.26 Å². The Hall–Kier alpha value is -2.60. The van der Waals surface area contributed by atoms with Crippen molar-refractivity contribution in [2.45, 2.75) is 25.3 Å². The maximum absolute atomic E-state index is 12.4. The number of nitrogens with zero attached hydrogens (tertiary/aromatic N) is 1. The summed E-state index contributed by atoms with van der Waals surface area (Å²) in [6, 6.07) is 21.0. The molecule has 2 aromatic rings. The van der Waals surface area contributed by atoms with E-state index in [1.807, 2.05) is 55.5 Å². The predicted molar refractivity (Wildman–Crippen MR) is 82.4 cm³/mol. The molecule has 0 aliphatic carbocycles. The van der Waals surface area contributed by atoms with Gasteiger partial charge in [-0.2, -0.15) is 5.26 Å². The molecule has 0 radical (unpaired) electrons. The Kier molecular flexibility index (Phi) is 5.11. The number of benzene rings is 2. The van der Waals surface area contributed by atoms with E-state index in [-0.39, 0.29) is 11.9 Å². The summed E-state index contributed by atoms with van der Waals surface area (Å²) >= 11 is 0. The Morgan fingerprint density at radius 1 is 1.05 bits per heavy atom. The van der Waals surface area contributed by atoms with Crippen LogP contribution in [0.4, 0.5) is 0 Å². The molecule has 2 rings (SSSR count). The standard InChI is InChI=1S/C18H18N2O/c1-2-17(15-11-7-4-8-12-15)20-18(21)16(13-19)14-9-5-3-6-10-14/h3-12,16-17H,2H2,1H3,(H,20,21). The summed E-state index contributed by atoms with van der Waals surface area (Å²) in [6.45, 7) is 2.02. The van der Waals surface area contributed by atoms with E-state index < -0.39 is 5.92 Å². The fourth-order valence-corrected chi connectivity index (χ4v) is 2.29. The first-order valence-electron chi connectivity index (χ1n) is 7.06. The van der Waals surface area contributed by atoms with Gasteiger partial charge in [-0.3, -0.25) is 4.79 Å². The first-order valence-corrected chi connectivity index (χ1v) is 7.06. The summed E-state index contributed by atoms with van der Waals surface area (Å²) in [7, 11) is 0. The van der Waals surface area contributed by atoms with Crippen molar-refractivity contribution in [2.75, 3.05) is 0 Å². The largest absolute Gasteiger partial charge is 0.348 e. The summed E-state index contributed by atoms with van der Waals surface area (Å²) in [6.07, 6.45) is 0.780. The van der Waals surface area contributed by atoms with Crippen LogP contribution in [0.2, 0.25) is 0 Å². The fraction of sp³-hybridized carbons (Fsp3) is 0.222. The van der Waals surface area contributed by atoms with Crippen LogP contribution in [0.25, 0.3) is 0 Å². The van der Waals surface area contributed by atoms with Gasteiger partial charge in [0.2, 0.25) is 5.91 Å². The van der Waals surface area contributed by atoms with Crippen molar-refractivity contribution in [3.63, 3.8) is 0 Å². The highest BCUT2D eigenvalue weighted by Crippen LogP contribution is 2.20. The van der Waals surface area contributed by atoms with Crippen molar-refractivity contribution >= 4 is 5.91 Å². The number of rotatable bonds is 5. The Morgan fingerprint density at radius 3 is 2.05 bits per heavy atom. The molecular formula is C18H18N2O. The molecule has 0 aromatic heterocycles. The number of nitrogens with one attached hydrogen (secondary N) is 1. The van der Waals surface area contributed by atoms with Gasteiger partial charge >= 0.3 is 0 Å². The molecule has 0 fully saturated rings. The summed E-state index contributed by atoms with van der Waals surface area (Å²) in [5.74, 6) is -1.02. The third-order valence-corrected chi connectivity index (χ3v) is 3.45. The maximum Gasteiger partial charge on any atom is 0.242 e. The molecule has 2 atom stereocenters. The molecular weight excluding hydrogens is 260 g/mol.